The molecule has 1 unspecified atom stereocenters. The lowest BCUT2D eigenvalue weighted by molar-refractivity contribution is -0.134. The fraction of sp³-hybridized carbons (Fsp3) is 0.222. The second-order valence-electron chi connectivity index (χ2n) is 6.01. The van der Waals surface area contributed by atoms with Crippen LogP contribution in [0.15, 0.2) is 46.9 Å². The fourth-order valence-corrected chi connectivity index (χ4v) is 3.01. The molecule has 27 heavy (non-hydrogen) atoms. The molecular formula is C18H16BrClFN5O. The second kappa shape index (κ2) is 8.14. The molecule has 0 aliphatic heterocycles. The molecule has 0 spiro atoms. The van der Waals surface area contributed by atoms with Gasteiger partial charge in [0.05, 0.1) is 0 Å². The van der Waals surface area contributed by atoms with E-state index in [4.69, 9.17) is 11.6 Å². The van der Waals surface area contributed by atoms with E-state index in [0.717, 1.165) is 10.0 Å². The lowest BCUT2D eigenvalue weighted by Gasteiger charge is -2.21. The average molecular weight is 453 g/mol. The van der Waals surface area contributed by atoms with Gasteiger partial charge in [-0.15, -0.1) is 10.2 Å². The van der Waals surface area contributed by atoms with Crippen molar-refractivity contribution in [1.29, 1.82) is 0 Å². The zero-order valence-electron chi connectivity index (χ0n) is 14.6. The third kappa shape index (κ3) is 4.33. The molecule has 1 heterocycles. The summed E-state index contributed by atoms with van der Waals surface area (Å²) in [6.45, 7) is 1.71. The molecule has 9 heteroatoms. The molecule has 1 aromatic heterocycles. The molecule has 0 saturated carbocycles. The third-order valence-corrected chi connectivity index (χ3v) is 4.95. The molecule has 1 atom stereocenters. The molecule has 0 N–H and O–H groups in total. The number of hydrogen-bond donors (Lipinski definition) is 0. The summed E-state index contributed by atoms with van der Waals surface area (Å²) in [5, 5.41) is 12.5. The minimum absolute atomic E-state index is 0.0446. The first kappa shape index (κ1) is 19.4. The Morgan fingerprint density at radius 2 is 2.00 bits per heavy atom. The van der Waals surface area contributed by atoms with Gasteiger partial charge >= 0.3 is 0 Å². The van der Waals surface area contributed by atoms with E-state index in [9.17, 15) is 9.18 Å². The van der Waals surface area contributed by atoms with Crippen LogP contribution in [-0.4, -0.2) is 38.1 Å². The van der Waals surface area contributed by atoms with Crippen molar-refractivity contribution < 1.29 is 9.18 Å². The van der Waals surface area contributed by atoms with Gasteiger partial charge in [-0.3, -0.25) is 4.79 Å². The van der Waals surface area contributed by atoms with Crippen LogP contribution in [0.4, 0.5) is 4.39 Å². The van der Waals surface area contributed by atoms with Gasteiger partial charge in [0.25, 0.3) is 0 Å². The number of nitrogens with zero attached hydrogens (tertiary/aromatic N) is 5. The van der Waals surface area contributed by atoms with Crippen LogP contribution in [-0.2, 0) is 11.3 Å². The van der Waals surface area contributed by atoms with E-state index in [-0.39, 0.29) is 23.0 Å². The van der Waals surface area contributed by atoms with Crippen LogP contribution in [0.5, 0.6) is 0 Å². The predicted octanol–water partition coefficient (Wildman–Crippen LogP) is 4.11. The fourth-order valence-electron chi connectivity index (χ4n) is 2.52. The number of amides is 1. The van der Waals surface area contributed by atoms with Gasteiger partial charge in [0, 0.05) is 34.2 Å². The molecular weight excluding hydrogens is 437 g/mol. The first-order valence-corrected chi connectivity index (χ1v) is 9.27. The topological polar surface area (TPSA) is 63.9 Å². The van der Waals surface area contributed by atoms with Crippen molar-refractivity contribution in [2.45, 2.75) is 19.5 Å². The van der Waals surface area contributed by atoms with E-state index in [1.807, 2.05) is 24.3 Å². The van der Waals surface area contributed by atoms with Gasteiger partial charge in [0.2, 0.25) is 11.7 Å². The van der Waals surface area contributed by atoms with E-state index in [1.54, 1.807) is 20.0 Å². The maximum atomic E-state index is 14.0. The van der Waals surface area contributed by atoms with E-state index >= 15 is 0 Å². The Hall–Kier alpha value is -2.32. The molecule has 0 aliphatic carbocycles. The van der Waals surface area contributed by atoms with Crippen LogP contribution in [0.25, 0.3) is 11.4 Å². The Labute approximate surface area is 169 Å². The van der Waals surface area contributed by atoms with Crippen LogP contribution in [0.3, 0.4) is 0 Å². The summed E-state index contributed by atoms with van der Waals surface area (Å²) in [7, 11) is 1.58. The quantitative estimate of drug-likeness (QED) is 0.584. The number of likely N-dealkylation sites (N-methyl/N-ethyl adjacent to an activating group) is 1. The summed E-state index contributed by atoms with van der Waals surface area (Å²) in [4.78, 5) is 15.3. The molecule has 0 aliphatic rings. The van der Waals surface area contributed by atoms with E-state index < -0.39 is 11.9 Å². The highest BCUT2D eigenvalue weighted by Crippen LogP contribution is 2.22. The van der Waals surface area contributed by atoms with Crippen molar-refractivity contribution in [2.75, 3.05) is 7.05 Å². The average Bonchev–Trinajstić information content (AvgIpc) is 3.14. The Kier molecular flexibility index (Phi) is 5.86. The van der Waals surface area contributed by atoms with Crippen molar-refractivity contribution in [1.82, 2.24) is 25.1 Å². The van der Waals surface area contributed by atoms with Gasteiger partial charge < -0.3 is 4.90 Å². The minimum atomic E-state index is -0.697. The van der Waals surface area contributed by atoms with Gasteiger partial charge in [-0.25, -0.2) is 4.39 Å². The summed E-state index contributed by atoms with van der Waals surface area (Å²) in [5.74, 6) is -0.317. The van der Waals surface area contributed by atoms with Crippen LogP contribution < -0.4 is 0 Å². The largest absolute Gasteiger partial charge is 0.339 e. The van der Waals surface area contributed by atoms with Gasteiger partial charge in [0.15, 0.2) is 0 Å². The van der Waals surface area contributed by atoms with Crippen molar-refractivity contribution in [3.63, 3.8) is 0 Å². The van der Waals surface area contributed by atoms with Crippen molar-refractivity contribution in [3.8, 4) is 11.4 Å². The van der Waals surface area contributed by atoms with Crippen LogP contribution in [0.1, 0.15) is 18.5 Å². The molecule has 2 aromatic carbocycles. The smallest absolute Gasteiger partial charge is 0.249 e. The lowest BCUT2D eigenvalue weighted by Crippen LogP contribution is -2.34. The zero-order valence-corrected chi connectivity index (χ0v) is 16.9. The van der Waals surface area contributed by atoms with E-state index in [1.165, 1.54) is 21.8 Å². The minimum Gasteiger partial charge on any atom is -0.339 e. The molecule has 3 rings (SSSR count). The lowest BCUT2D eigenvalue weighted by atomic mass is 10.2. The third-order valence-electron chi connectivity index (χ3n) is 4.07. The number of hydrogen-bond acceptors (Lipinski definition) is 4. The number of rotatable bonds is 5. The van der Waals surface area contributed by atoms with Gasteiger partial charge in [-0.1, -0.05) is 33.6 Å². The molecule has 6 nitrogen and oxygen atoms in total. The SMILES string of the molecule is CC(C(=O)N(C)Cc1c(F)cccc1Cl)n1nnc(-c2ccc(Br)cc2)n1. The predicted molar refractivity (Wildman–Crippen MR) is 104 cm³/mol. The van der Waals surface area contributed by atoms with Crippen molar-refractivity contribution in [3.05, 3.63) is 63.3 Å². The zero-order chi connectivity index (χ0) is 19.6. The number of carbonyl (C=O) groups is 1. The molecule has 0 radical (unpaired) electrons. The van der Waals surface area contributed by atoms with Crippen LogP contribution in [0, 0.1) is 5.82 Å². The number of benzene rings is 2. The van der Waals surface area contributed by atoms with Crippen LogP contribution >= 0.6 is 27.5 Å². The van der Waals surface area contributed by atoms with Gasteiger partial charge in [0.1, 0.15) is 11.9 Å². The van der Waals surface area contributed by atoms with Gasteiger partial charge in [-0.05, 0) is 48.5 Å². The molecule has 1 amide bonds. The molecule has 3 aromatic rings. The highest BCUT2D eigenvalue weighted by atomic mass is 79.9. The Balaban J connectivity index is 1.74. The Bertz CT molecular complexity index is 942. The summed E-state index contributed by atoms with van der Waals surface area (Å²) < 4.78 is 14.9. The van der Waals surface area contributed by atoms with Crippen molar-refractivity contribution in [2.24, 2.45) is 0 Å². The molecule has 0 saturated heterocycles. The molecule has 0 fully saturated rings. The Morgan fingerprint density at radius 1 is 1.30 bits per heavy atom. The standard InChI is InChI=1S/C18H16BrClFN5O/c1-11(18(27)25(2)10-14-15(20)4-3-5-16(14)21)26-23-17(22-24-26)12-6-8-13(19)9-7-12/h3-9,11H,10H2,1-2H3. The van der Waals surface area contributed by atoms with Crippen molar-refractivity contribution >= 4 is 33.4 Å². The first-order chi connectivity index (χ1) is 12.9. The summed E-state index contributed by atoms with van der Waals surface area (Å²) >= 11 is 9.41. The normalized spacial score (nSPS) is 12.0. The van der Waals surface area contributed by atoms with Crippen LogP contribution in [0.2, 0.25) is 5.02 Å². The highest BCUT2D eigenvalue weighted by molar-refractivity contribution is 9.10. The Morgan fingerprint density at radius 3 is 2.67 bits per heavy atom. The maximum Gasteiger partial charge on any atom is 0.249 e. The summed E-state index contributed by atoms with van der Waals surface area (Å²) in [6.07, 6.45) is 0. The second-order valence-corrected chi connectivity index (χ2v) is 7.33. The first-order valence-electron chi connectivity index (χ1n) is 8.10. The highest BCUT2D eigenvalue weighted by Gasteiger charge is 2.23. The van der Waals surface area contributed by atoms with Gasteiger partial charge in [-0.2, -0.15) is 4.80 Å². The summed E-state index contributed by atoms with van der Waals surface area (Å²) in [5.41, 5.74) is 1.06. The van der Waals surface area contributed by atoms with E-state index in [2.05, 4.69) is 31.3 Å². The number of tetrazole rings is 1. The monoisotopic (exact) mass is 451 g/mol. The van der Waals surface area contributed by atoms with E-state index in [0.29, 0.717) is 5.82 Å². The number of aromatic nitrogens is 4. The molecule has 140 valence electrons. The number of halogens is 3. The summed E-state index contributed by atoms with van der Waals surface area (Å²) in [6, 6.07) is 11.2. The molecule has 0 bridgehead atoms. The maximum absolute atomic E-state index is 14.0. The number of carbonyl (C=O) groups excluding carboxylic acids is 1.